The molecule has 0 saturated carbocycles. The summed E-state index contributed by atoms with van der Waals surface area (Å²) in [6, 6.07) is -0.624. The summed E-state index contributed by atoms with van der Waals surface area (Å²) in [4.78, 5) is 24.3. The maximum absolute atomic E-state index is 12.4. The molecule has 0 aliphatic rings. The second-order valence-electron chi connectivity index (χ2n) is 18.2. The van der Waals surface area contributed by atoms with Crippen LogP contribution >= 0.6 is 0 Å². The van der Waals surface area contributed by atoms with E-state index in [0.29, 0.717) is 19.4 Å². The van der Waals surface area contributed by atoms with E-state index in [4.69, 9.17) is 4.74 Å². The molecule has 0 aromatic heterocycles. The van der Waals surface area contributed by atoms with E-state index in [-0.39, 0.29) is 18.5 Å². The first-order chi connectivity index (χ1) is 29.5. The van der Waals surface area contributed by atoms with Crippen LogP contribution < -0.4 is 5.32 Å². The SMILES string of the molecule is CCCC/C=C\CCCCCCCC(=O)OCCCCCCCCCCCCCCCCCCCCCCCCCC(=O)NC(CO)C(O)/C=C/CCCCCCCCC. The average molecular weight is 846 g/mol. The standard InChI is InChI=1S/C54H103NO5/c1-3-5-7-9-11-13-27-32-36-40-44-48-54(59)60-49-45-41-37-33-29-26-24-22-20-18-16-14-15-17-19-21-23-25-28-31-35-39-43-47-53(58)55-51(50-56)52(57)46-42-38-34-30-12-10-8-6-4-2/h9,11,42,46,51-52,56-57H,3-8,10,12-41,43-45,47-50H2,1-2H3,(H,55,58)/b11-9-,46-42+. The van der Waals surface area contributed by atoms with Gasteiger partial charge in [-0.3, -0.25) is 9.59 Å². The van der Waals surface area contributed by atoms with Crippen LogP contribution in [0.3, 0.4) is 0 Å². The van der Waals surface area contributed by atoms with Crippen molar-refractivity contribution in [3.8, 4) is 0 Å². The first kappa shape index (κ1) is 58.3. The number of carbonyl (C=O) groups excluding carboxylic acids is 2. The van der Waals surface area contributed by atoms with Crippen molar-refractivity contribution in [1.29, 1.82) is 0 Å². The molecule has 6 heteroatoms. The van der Waals surface area contributed by atoms with E-state index in [1.54, 1.807) is 6.08 Å². The summed E-state index contributed by atoms with van der Waals surface area (Å²) < 4.78 is 5.45. The maximum Gasteiger partial charge on any atom is 0.305 e. The van der Waals surface area contributed by atoms with Gasteiger partial charge in [0, 0.05) is 12.8 Å². The van der Waals surface area contributed by atoms with Gasteiger partial charge in [0.25, 0.3) is 0 Å². The summed E-state index contributed by atoms with van der Waals surface area (Å²) in [6.45, 7) is 4.84. The number of esters is 1. The summed E-state index contributed by atoms with van der Waals surface area (Å²) in [7, 11) is 0. The second-order valence-corrected chi connectivity index (χ2v) is 18.2. The van der Waals surface area contributed by atoms with E-state index >= 15 is 0 Å². The van der Waals surface area contributed by atoms with Crippen LogP contribution in [0, 0.1) is 0 Å². The van der Waals surface area contributed by atoms with Crippen LogP contribution in [0.15, 0.2) is 24.3 Å². The summed E-state index contributed by atoms with van der Waals surface area (Å²) in [5, 5.41) is 22.9. The van der Waals surface area contributed by atoms with Crippen LogP contribution in [0.25, 0.3) is 0 Å². The van der Waals surface area contributed by atoms with Gasteiger partial charge in [0.05, 0.1) is 25.4 Å². The van der Waals surface area contributed by atoms with Gasteiger partial charge < -0.3 is 20.3 Å². The van der Waals surface area contributed by atoms with Crippen LogP contribution in [0.2, 0.25) is 0 Å². The summed E-state index contributed by atoms with van der Waals surface area (Å²) in [6.07, 6.45) is 59.2. The average Bonchev–Trinajstić information content (AvgIpc) is 3.25. The third kappa shape index (κ3) is 45.9. The molecule has 3 N–H and O–H groups in total. The van der Waals surface area contributed by atoms with Gasteiger partial charge >= 0.3 is 5.97 Å². The van der Waals surface area contributed by atoms with Gasteiger partial charge in [0.1, 0.15) is 0 Å². The predicted molar refractivity (Wildman–Crippen MR) is 260 cm³/mol. The third-order valence-corrected chi connectivity index (χ3v) is 12.2. The van der Waals surface area contributed by atoms with Crippen molar-refractivity contribution in [3.63, 3.8) is 0 Å². The number of ether oxygens (including phenoxy) is 1. The van der Waals surface area contributed by atoms with E-state index in [0.717, 1.165) is 44.9 Å². The number of hydrogen-bond acceptors (Lipinski definition) is 5. The molecule has 1 amide bonds. The Morgan fingerprint density at radius 3 is 1.23 bits per heavy atom. The second kappa shape index (κ2) is 50.0. The van der Waals surface area contributed by atoms with Crippen LogP contribution in [0.5, 0.6) is 0 Å². The van der Waals surface area contributed by atoms with Crippen molar-refractivity contribution in [2.75, 3.05) is 13.2 Å². The number of allylic oxidation sites excluding steroid dienone is 3. The van der Waals surface area contributed by atoms with E-state index in [1.165, 1.54) is 212 Å². The van der Waals surface area contributed by atoms with Gasteiger partial charge in [-0.2, -0.15) is 0 Å². The smallest absolute Gasteiger partial charge is 0.305 e. The molecule has 354 valence electrons. The number of amides is 1. The number of aliphatic hydroxyl groups excluding tert-OH is 2. The maximum atomic E-state index is 12.4. The van der Waals surface area contributed by atoms with Gasteiger partial charge in [-0.05, 0) is 51.4 Å². The quantitative estimate of drug-likeness (QED) is 0.0322. The Kier molecular flexibility index (Phi) is 48.6. The van der Waals surface area contributed by atoms with Gasteiger partial charge in [-0.15, -0.1) is 0 Å². The van der Waals surface area contributed by atoms with Crippen LogP contribution in [0.1, 0.15) is 284 Å². The lowest BCUT2D eigenvalue weighted by atomic mass is 10.0. The fraction of sp³-hybridized carbons (Fsp3) is 0.889. The first-order valence-corrected chi connectivity index (χ1v) is 26.6. The van der Waals surface area contributed by atoms with E-state index < -0.39 is 12.1 Å². The fourth-order valence-electron chi connectivity index (χ4n) is 8.08. The Bertz CT molecular complexity index is 935. The monoisotopic (exact) mass is 846 g/mol. The zero-order valence-electron chi connectivity index (χ0n) is 40.2. The van der Waals surface area contributed by atoms with Crippen molar-refractivity contribution in [2.45, 2.75) is 296 Å². The summed E-state index contributed by atoms with van der Waals surface area (Å²) >= 11 is 0. The highest BCUT2D eigenvalue weighted by Gasteiger charge is 2.18. The molecule has 0 spiro atoms. The molecule has 0 heterocycles. The van der Waals surface area contributed by atoms with Crippen molar-refractivity contribution in [3.05, 3.63) is 24.3 Å². The topological polar surface area (TPSA) is 95.9 Å². The molecular weight excluding hydrogens is 743 g/mol. The van der Waals surface area contributed by atoms with Crippen LogP contribution in [0.4, 0.5) is 0 Å². The highest BCUT2D eigenvalue weighted by atomic mass is 16.5. The lowest BCUT2D eigenvalue weighted by Gasteiger charge is -2.20. The molecule has 0 bridgehead atoms. The molecule has 2 unspecified atom stereocenters. The van der Waals surface area contributed by atoms with E-state index in [9.17, 15) is 19.8 Å². The molecule has 0 fully saturated rings. The molecule has 0 aromatic carbocycles. The zero-order valence-corrected chi connectivity index (χ0v) is 40.2. The minimum absolute atomic E-state index is 0.00227. The Labute approximate surface area is 373 Å². The summed E-state index contributed by atoms with van der Waals surface area (Å²) in [5.41, 5.74) is 0. The van der Waals surface area contributed by atoms with Gasteiger partial charge in [-0.25, -0.2) is 0 Å². The van der Waals surface area contributed by atoms with Gasteiger partial charge in [0.2, 0.25) is 5.91 Å². The number of nitrogens with one attached hydrogen (secondary N) is 1. The van der Waals surface area contributed by atoms with Crippen LogP contribution in [-0.2, 0) is 14.3 Å². The highest BCUT2D eigenvalue weighted by Crippen LogP contribution is 2.17. The zero-order chi connectivity index (χ0) is 43.7. The van der Waals surface area contributed by atoms with Crippen LogP contribution in [-0.4, -0.2) is 47.4 Å². The normalized spacial score (nSPS) is 12.8. The molecular formula is C54H103NO5. The highest BCUT2D eigenvalue weighted by molar-refractivity contribution is 5.76. The molecule has 0 aromatic rings. The molecule has 0 aliphatic carbocycles. The lowest BCUT2D eigenvalue weighted by Crippen LogP contribution is -2.45. The number of rotatable bonds is 49. The lowest BCUT2D eigenvalue weighted by molar-refractivity contribution is -0.143. The molecule has 0 saturated heterocycles. The van der Waals surface area contributed by atoms with Gasteiger partial charge in [0.15, 0.2) is 0 Å². The first-order valence-electron chi connectivity index (χ1n) is 26.6. The summed E-state index contributed by atoms with van der Waals surface area (Å²) in [5.74, 6) is -0.0680. The van der Waals surface area contributed by atoms with Crippen molar-refractivity contribution in [1.82, 2.24) is 5.32 Å². The Morgan fingerprint density at radius 1 is 0.450 bits per heavy atom. The number of carbonyl (C=O) groups is 2. The number of aliphatic hydroxyl groups is 2. The molecule has 6 nitrogen and oxygen atoms in total. The third-order valence-electron chi connectivity index (χ3n) is 12.2. The fourth-order valence-corrected chi connectivity index (χ4v) is 8.08. The number of hydrogen-bond donors (Lipinski definition) is 3. The largest absolute Gasteiger partial charge is 0.466 e. The van der Waals surface area contributed by atoms with E-state index in [2.05, 4.69) is 31.3 Å². The van der Waals surface area contributed by atoms with Crippen molar-refractivity contribution < 1.29 is 24.5 Å². The molecule has 2 atom stereocenters. The minimum atomic E-state index is -0.841. The Hall–Kier alpha value is -1.66. The molecule has 0 aliphatic heterocycles. The van der Waals surface area contributed by atoms with Gasteiger partial charge in [-0.1, -0.05) is 244 Å². The van der Waals surface area contributed by atoms with E-state index in [1.807, 2.05) is 6.08 Å². The van der Waals surface area contributed by atoms with Crippen molar-refractivity contribution >= 4 is 11.9 Å². The minimum Gasteiger partial charge on any atom is -0.466 e. The molecule has 60 heavy (non-hydrogen) atoms. The predicted octanol–water partition coefficient (Wildman–Crippen LogP) is 15.9. The Morgan fingerprint density at radius 2 is 0.800 bits per heavy atom. The van der Waals surface area contributed by atoms with Crippen molar-refractivity contribution in [2.24, 2.45) is 0 Å². The molecule has 0 radical (unpaired) electrons. The number of unbranched alkanes of at least 4 members (excludes halogenated alkanes) is 36. The molecule has 0 rings (SSSR count). The Balaban J connectivity index is 3.36.